The highest BCUT2D eigenvalue weighted by molar-refractivity contribution is 6.36. The van der Waals surface area contributed by atoms with Gasteiger partial charge in [-0.25, -0.2) is 9.89 Å². The van der Waals surface area contributed by atoms with Gasteiger partial charge in [0.25, 0.3) is 11.5 Å². The van der Waals surface area contributed by atoms with E-state index in [-0.39, 0.29) is 10.7 Å². The predicted octanol–water partition coefficient (Wildman–Crippen LogP) is 1.02. The molecule has 0 spiro atoms. The number of nitrogens with zero attached hydrogens (tertiary/aromatic N) is 1. The van der Waals surface area contributed by atoms with Gasteiger partial charge in [-0.05, 0) is 18.2 Å². The molecule has 1 aromatic carbocycles. The van der Waals surface area contributed by atoms with E-state index in [4.69, 9.17) is 23.2 Å². The SMILES string of the molecule is O=C(Nc1ccc(Cl)cc1Cl)c1n[nH]c(=O)[nH]c1=O. The molecule has 7 nitrogen and oxygen atoms in total. The highest BCUT2D eigenvalue weighted by atomic mass is 35.5. The van der Waals surface area contributed by atoms with Crippen molar-refractivity contribution < 1.29 is 4.79 Å². The summed E-state index contributed by atoms with van der Waals surface area (Å²) < 4.78 is 0. The second-order valence-electron chi connectivity index (χ2n) is 3.43. The Morgan fingerprint density at radius 3 is 2.63 bits per heavy atom. The molecule has 2 aromatic rings. The molecular formula is C10H6Cl2N4O3. The fourth-order valence-corrected chi connectivity index (χ4v) is 1.73. The molecule has 0 aliphatic carbocycles. The summed E-state index contributed by atoms with van der Waals surface area (Å²) in [4.78, 5) is 35.8. The molecule has 0 saturated carbocycles. The molecule has 0 unspecified atom stereocenters. The van der Waals surface area contributed by atoms with Gasteiger partial charge in [0.05, 0.1) is 10.7 Å². The molecule has 1 amide bonds. The summed E-state index contributed by atoms with van der Waals surface area (Å²) in [5.41, 5.74) is -1.91. The van der Waals surface area contributed by atoms with Crippen LogP contribution in [0.25, 0.3) is 0 Å². The van der Waals surface area contributed by atoms with Crippen LogP contribution in [0.2, 0.25) is 10.0 Å². The highest BCUT2D eigenvalue weighted by Gasteiger charge is 2.14. The van der Waals surface area contributed by atoms with E-state index < -0.39 is 22.9 Å². The standard InChI is InChI=1S/C10H6Cl2N4O3/c11-4-1-2-6(5(12)3-4)13-8(17)7-9(18)14-10(19)16-15-7/h1-3H,(H,13,17)(H2,14,16,18,19). The lowest BCUT2D eigenvalue weighted by Gasteiger charge is -2.05. The van der Waals surface area contributed by atoms with Crippen molar-refractivity contribution in [2.75, 3.05) is 5.32 Å². The monoisotopic (exact) mass is 300 g/mol. The van der Waals surface area contributed by atoms with Gasteiger partial charge in [0.15, 0.2) is 0 Å². The van der Waals surface area contributed by atoms with Crippen molar-refractivity contribution in [3.63, 3.8) is 0 Å². The molecule has 98 valence electrons. The van der Waals surface area contributed by atoms with Crippen molar-refractivity contribution in [2.24, 2.45) is 0 Å². The van der Waals surface area contributed by atoms with Crippen LogP contribution in [0.5, 0.6) is 0 Å². The number of H-pyrrole nitrogens is 2. The minimum absolute atomic E-state index is 0.210. The van der Waals surface area contributed by atoms with E-state index in [1.807, 2.05) is 10.1 Å². The van der Waals surface area contributed by atoms with Crippen molar-refractivity contribution in [1.29, 1.82) is 0 Å². The molecule has 1 heterocycles. The van der Waals surface area contributed by atoms with Crippen molar-refractivity contribution in [3.05, 3.63) is 54.8 Å². The predicted molar refractivity (Wildman–Crippen MR) is 69.9 cm³/mol. The Morgan fingerprint density at radius 2 is 2.00 bits per heavy atom. The summed E-state index contributed by atoms with van der Waals surface area (Å²) in [6.45, 7) is 0. The smallest absolute Gasteiger partial charge is 0.319 e. The lowest BCUT2D eigenvalue weighted by Crippen LogP contribution is -2.32. The molecule has 0 aliphatic rings. The van der Waals surface area contributed by atoms with Gasteiger partial charge in [0.2, 0.25) is 5.69 Å². The number of amides is 1. The van der Waals surface area contributed by atoms with E-state index in [0.717, 1.165) is 0 Å². The number of rotatable bonds is 2. The Morgan fingerprint density at radius 1 is 1.26 bits per heavy atom. The molecule has 0 saturated heterocycles. The Kier molecular flexibility index (Phi) is 3.68. The number of carbonyl (C=O) groups is 1. The van der Waals surface area contributed by atoms with Gasteiger partial charge in [0, 0.05) is 5.02 Å². The number of anilines is 1. The van der Waals surface area contributed by atoms with E-state index >= 15 is 0 Å². The van der Waals surface area contributed by atoms with Crippen molar-refractivity contribution in [2.45, 2.75) is 0 Å². The van der Waals surface area contributed by atoms with Gasteiger partial charge in [0.1, 0.15) is 0 Å². The zero-order valence-electron chi connectivity index (χ0n) is 9.16. The fraction of sp³-hybridized carbons (Fsp3) is 0. The van der Waals surface area contributed by atoms with E-state index in [0.29, 0.717) is 5.02 Å². The molecule has 0 bridgehead atoms. The summed E-state index contributed by atoms with van der Waals surface area (Å²) in [6.07, 6.45) is 0. The number of aromatic amines is 2. The molecule has 0 aliphatic heterocycles. The largest absolute Gasteiger partial charge is 0.342 e. The Labute approximate surface area is 115 Å². The van der Waals surface area contributed by atoms with Crippen LogP contribution < -0.4 is 16.6 Å². The summed E-state index contributed by atoms with van der Waals surface area (Å²) >= 11 is 11.6. The Hall–Kier alpha value is -2.12. The quantitative estimate of drug-likeness (QED) is 0.769. The second kappa shape index (κ2) is 5.25. The molecule has 9 heteroatoms. The number of carbonyl (C=O) groups excluding carboxylic acids is 1. The number of benzene rings is 1. The van der Waals surface area contributed by atoms with Crippen LogP contribution in [0.1, 0.15) is 10.5 Å². The molecule has 2 rings (SSSR count). The average Bonchev–Trinajstić information content (AvgIpc) is 2.32. The number of hydrogen-bond acceptors (Lipinski definition) is 4. The molecular weight excluding hydrogens is 295 g/mol. The fourth-order valence-electron chi connectivity index (χ4n) is 1.27. The van der Waals surface area contributed by atoms with Crippen LogP contribution in [0, 0.1) is 0 Å². The molecule has 0 radical (unpaired) electrons. The normalized spacial score (nSPS) is 10.2. The topological polar surface area (TPSA) is 108 Å². The summed E-state index contributed by atoms with van der Waals surface area (Å²) in [7, 11) is 0. The number of hydrogen-bond donors (Lipinski definition) is 3. The van der Waals surface area contributed by atoms with E-state index in [1.54, 1.807) is 0 Å². The van der Waals surface area contributed by atoms with E-state index in [1.165, 1.54) is 18.2 Å². The van der Waals surface area contributed by atoms with Gasteiger partial charge in [-0.1, -0.05) is 23.2 Å². The Bertz CT molecular complexity index is 753. The molecule has 0 atom stereocenters. The zero-order valence-corrected chi connectivity index (χ0v) is 10.7. The third-order valence-corrected chi connectivity index (χ3v) is 2.65. The zero-order chi connectivity index (χ0) is 14.0. The maximum atomic E-state index is 11.8. The maximum Gasteiger partial charge on any atom is 0.342 e. The summed E-state index contributed by atoms with van der Waals surface area (Å²) in [5.74, 6) is -0.804. The maximum absolute atomic E-state index is 11.8. The van der Waals surface area contributed by atoms with Gasteiger partial charge in [-0.3, -0.25) is 14.6 Å². The van der Waals surface area contributed by atoms with Crippen LogP contribution >= 0.6 is 23.2 Å². The van der Waals surface area contributed by atoms with Crippen LogP contribution in [-0.4, -0.2) is 21.1 Å². The first-order valence-corrected chi connectivity index (χ1v) is 5.68. The molecule has 19 heavy (non-hydrogen) atoms. The van der Waals surface area contributed by atoms with Crippen LogP contribution in [0.4, 0.5) is 5.69 Å². The first-order chi connectivity index (χ1) is 8.97. The minimum atomic E-state index is -0.897. The highest BCUT2D eigenvalue weighted by Crippen LogP contribution is 2.25. The number of aromatic nitrogens is 3. The van der Waals surface area contributed by atoms with Gasteiger partial charge in [-0.15, -0.1) is 0 Å². The number of nitrogens with one attached hydrogen (secondary N) is 3. The Balaban J connectivity index is 2.31. The van der Waals surface area contributed by atoms with Crippen molar-refractivity contribution in [3.8, 4) is 0 Å². The summed E-state index contributed by atoms with van der Waals surface area (Å²) in [5, 5.41) is 8.31. The number of halogens is 2. The van der Waals surface area contributed by atoms with E-state index in [2.05, 4.69) is 10.4 Å². The molecule has 0 fully saturated rings. The second-order valence-corrected chi connectivity index (χ2v) is 4.28. The van der Waals surface area contributed by atoms with Crippen LogP contribution in [-0.2, 0) is 0 Å². The van der Waals surface area contributed by atoms with E-state index in [9.17, 15) is 14.4 Å². The van der Waals surface area contributed by atoms with Crippen LogP contribution in [0.15, 0.2) is 27.8 Å². The van der Waals surface area contributed by atoms with Crippen molar-refractivity contribution >= 4 is 34.8 Å². The van der Waals surface area contributed by atoms with Gasteiger partial charge in [-0.2, -0.15) is 5.10 Å². The first-order valence-electron chi connectivity index (χ1n) is 4.93. The third kappa shape index (κ3) is 3.01. The van der Waals surface area contributed by atoms with Gasteiger partial charge < -0.3 is 5.32 Å². The average molecular weight is 301 g/mol. The molecule has 3 N–H and O–H groups in total. The lowest BCUT2D eigenvalue weighted by atomic mass is 10.3. The van der Waals surface area contributed by atoms with Crippen molar-refractivity contribution in [1.82, 2.24) is 15.2 Å². The van der Waals surface area contributed by atoms with Gasteiger partial charge >= 0.3 is 5.69 Å². The molecule has 1 aromatic heterocycles. The summed E-state index contributed by atoms with van der Waals surface area (Å²) in [6, 6.07) is 4.43. The minimum Gasteiger partial charge on any atom is -0.319 e. The van der Waals surface area contributed by atoms with Crippen LogP contribution in [0.3, 0.4) is 0 Å². The third-order valence-electron chi connectivity index (χ3n) is 2.11. The first kappa shape index (κ1) is 13.3. The lowest BCUT2D eigenvalue weighted by molar-refractivity contribution is 0.101.